The predicted octanol–water partition coefficient (Wildman–Crippen LogP) is 5.67. The van der Waals surface area contributed by atoms with Gasteiger partial charge in [-0.2, -0.15) is 0 Å². The molecule has 12 heteroatoms. The smallest absolute Gasteiger partial charge is 0.336 e. The first kappa shape index (κ1) is 27.3. The lowest BCUT2D eigenvalue weighted by Crippen LogP contribution is -2.25. The van der Waals surface area contributed by atoms with Gasteiger partial charge in [0.15, 0.2) is 6.29 Å². The van der Waals surface area contributed by atoms with Crippen molar-refractivity contribution in [1.29, 1.82) is 0 Å². The van der Waals surface area contributed by atoms with Crippen molar-refractivity contribution in [2.24, 2.45) is 0 Å². The van der Waals surface area contributed by atoms with Gasteiger partial charge in [-0.3, -0.25) is 0 Å². The molecule has 3 aromatic carbocycles. The van der Waals surface area contributed by atoms with Crippen LogP contribution >= 0.6 is 11.8 Å². The van der Waals surface area contributed by atoms with E-state index >= 15 is 0 Å². The van der Waals surface area contributed by atoms with Gasteiger partial charge in [0.05, 0.1) is 19.0 Å². The van der Waals surface area contributed by atoms with Crippen molar-refractivity contribution in [2.75, 3.05) is 19.0 Å². The standard InChI is InChI=1S/C29H26N4O6S2/c34-41(35,29-33-31-27(39-29)23-5-2-1-3-6-23)19-20-7-9-21(10-8-20)22-11-13-24(14-12-22)26-30-32-28(38-26)40-18-15-25-36-16-4-17-37-25/h1-3,5-14,25H,4,15-19H2. The first-order valence-corrected chi connectivity index (χ1v) is 15.7. The van der Waals surface area contributed by atoms with E-state index in [2.05, 4.69) is 20.4 Å². The van der Waals surface area contributed by atoms with Crippen LogP contribution in [0, 0.1) is 0 Å². The Balaban J connectivity index is 1.06. The molecule has 10 nitrogen and oxygen atoms in total. The van der Waals surface area contributed by atoms with E-state index in [1.54, 1.807) is 24.3 Å². The molecule has 210 valence electrons. The minimum Gasteiger partial charge on any atom is -0.411 e. The van der Waals surface area contributed by atoms with E-state index in [-0.39, 0.29) is 17.9 Å². The Morgan fingerprint density at radius 1 is 0.707 bits per heavy atom. The van der Waals surface area contributed by atoms with Crippen LogP contribution in [0.15, 0.2) is 98.1 Å². The van der Waals surface area contributed by atoms with Crippen LogP contribution in [-0.2, 0) is 25.1 Å². The van der Waals surface area contributed by atoms with E-state index in [0.29, 0.717) is 22.2 Å². The SMILES string of the molecule is O=S(=O)(Cc1ccc(-c2ccc(-c3nnc(SCCC4OCCCO4)o3)cc2)cc1)c1nnc(-c2ccccc2)o1. The van der Waals surface area contributed by atoms with Crippen LogP contribution in [0.1, 0.15) is 18.4 Å². The van der Waals surface area contributed by atoms with Crippen LogP contribution < -0.4 is 0 Å². The molecular weight excluding hydrogens is 564 g/mol. The summed E-state index contributed by atoms with van der Waals surface area (Å²) in [6.07, 6.45) is 1.53. The van der Waals surface area contributed by atoms with Gasteiger partial charge in [-0.05, 0) is 47.4 Å². The number of sulfone groups is 1. The highest BCUT2D eigenvalue weighted by molar-refractivity contribution is 7.99. The van der Waals surface area contributed by atoms with Crippen molar-refractivity contribution in [3.8, 4) is 34.0 Å². The number of nitrogens with zero attached hydrogens (tertiary/aromatic N) is 4. The van der Waals surface area contributed by atoms with Gasteiger partial charge in [0.1, 0.15) is 0 Å². The molecule has 1 aliphatic heterocycles. The molecule has 0 spiro atoms. The molecule has 5 aromatic rings. The summed E-state index contributed by atoms with van der Waals surface area (Å²) in [5.41, 5.74) is 3.99. The van der Waals surface area contributed by atoms with Gasteiger partial charge in [-0.25, -0.2) is 8.42 Å². The summed E-state index contributed by atoms with van der Waals surface area (Å²) < 4.78 is 48.1. The molecule has 0 unspecified atom stereocenters. The number of benzene rings is 3. The Kier molecular flexibility index (Phi) is 8.23. The average Bonchev–Trinajstić information content (AvgIpc) is 3.70. The van der Waals surface area contributed by atoms with Crippen molar-refractivity contribution in [3.05, 3.63) is 84.4 Å². The second-order valence-electron chi connectivity index (χ2n) is 9.31. The zero-order valence-electron chi connectivity index (χ0n) is 21.9. The summed E-state index contributed by atoms with van der Waals surface area (Å²) in [5.74, 6) is 1.12. The summed E-state index contributed by atoms with van der Waals surface area (Å²) in [6.45, 7) is 1.47. The van der Waals surface area contributed by atoms with Gasteiger partial charge < -0.3 is 18.3 Å². The number of rotatable bonds is 10. The number of thioether (sulfide) groups is 1. The Bertz CT molecular complexity index is 1680. The van der Waals surface area contributed by atoms with E-state index in [1.165, 1.54) is 11.8 Å². The van der Waals surface area contributed by atoms with E-state index in [9.17, 15) is 8.42 Å². The number of ether oxygens (including phenoxy) is 2. The fraction of sp³-hybridized carbons (Fsp3) is 0.241. The molecule has 3 heterocycles. The minimum absolute atomic E-state index is 0.164. The second kappa shape index (κ2) is 12.4. The van der Waals surface area contributed by atoms with Crippen LogP contribution in [0.2, 0.25) is 0 Å². The molecule has 6 rings (SSSR count). The monoisotopic (exact) mass is 590 g/mol. The highest BCUT2D eigenvalue weighted by Gasteiger charge is 2.23. The van der Waals surface area contributed by atoms with Crippen LogP contribution in [0.25, 0.3) is 34.0 Å². The molecule has 0 aliphatic carbocycles. The molecule has 2 aromatic heterocycles. The lowest BCUT2D eigenvalue weighted by atomic mass is 10.0. The Morgan fingerprint density at radius 2 is 1.32 bits per heavy atom. The zero-order valence-corrected chi connectivity index (χ0v) is 23.5. The highest BCUT2D eigenvalue weighted by Crippen LogP contribution is 2.28. The quantitative estimate of drug-likeness (QED) is 0.186. The van der Waals surface area contributed by atoms with Gasteiger partial charge in [0.25, 0.3) is 5.22 Å². The van der Waals surface area contributed by atoms with Crippen molar-refractivity contribution in [2.45, 2.75) is 35.3 Å². The lowest BCUT2D eigenvalue weighted by Gasteiger charge is -2.22. The molecule has 41 heavy (non-hydrogen) atoms. The van der Waals surface area contributed by atoms with E-state index in [0.717, 1.165) is 48.5 Å². The van der Waals surface area contributed by atoms with E-state index in [4.69, 9.17) is 18.3 Å². The summed E-state index contributed by atoms with van der Waals surface area (Å²) in [4.78, 5) is 0. The summed E-state index contributed by atoms with van der Waals surface area (Å²) in [6, 6.07) is 24.1. The van der Waals surface area contributed by atoms with E-state index < -0.39 is 15.1 Å². The van der Waals surface area contributed by atoms with Gasteiger partial charge >= 0.3 is 5.22 Å². The number of hydrogen-bond acceptors (Lipinski definition) is 11. The average molecular weight is 591 g/mol. The third kappa shape index (κ3) is 6.73. The van der Waals surface area contributed by atoms with Gasteiger partial charge in [0, 0.05) is 23.3 Å². The molecule has 0 atom stereocenters. The normalized spacial score (nSPS) is 14.3. The summed E-state index contributed by atoms with van der Waals surface area (Å²) in [7, 11) is -3.80. The maximum Gasteiger partial charge on any atom is 0.336 e. The van der Waals surface area contributed by atoms with Gasteiger partial charge in [-0.15, -0.1) is 15.3 Å². The largest absolute Gasteiger partial charge is 0.411 e. The number of hydrogen-bond donors (Lipinski definition) is 0. The highest BCUT2D eigenvalue weighted by atomic mass is 32.2. The van der Waals surface area contributed by atoms with Crippen LogP contribution in [0.3, 0.4) is 0 Å². The molecule has 1 fully saturated rings. The molecular formula is C29H26N4O6S2. The van der Waals surface area contributed by atoms with Gasteiger partial charge in [-0.1, -0.05) is 71.5 Å². The van der Waals surface area contributed by atoms with E-state index in [1.807, 2.05) is 54.6 Å². The molecule has 0 amide bonds. The predicted molar refractivity (Wildman–Crippen MR) is 151 cm³/mol. The molecule has 0 bridgehead atoms. The van der Waals surface area contributed by atoms with Crippen molar-refractivity contribution < 1.29 is 26.7 Å². The van der Waals surface area contributed by atoms with Crippen molar-refractivity contribution in [1.82, 2.24) is 20.4 Å². The van der Waals surface area contributed by atoms with Crippen molar-refractivity contribution in [3.63, 3.8) is 0 Å². The first-order chi connectivity index (χ1) is 20.0. The van der Waals surface area contributed by atoms with Crippen LogP contribution in [0.4, 0.5) is 0 Å². The Morgan fingerprint density at radius 3 is 2.05 bits per heavy atom. The molecule has 0 radical (unpaired) electrons. The fourth-order valence-corrected chi connectivity index (χ4v) is 6.09. The third-order valence-corrected chi connectivity index (χ3v) is 8.61. The third-order valence-electron chi connectivity index (χ3n) is 6.35. The fourth-order valence-electron chi connectivity index (χ4n) is 4.24. The first-order valence-electron chi connectivity index (χ1n) is 13.0. The van der Waals surface area contributed by atoms with Crippen LogP contribution in [-0.4, -0.2) is 54.1 Å². The van der Waals surface area contributed by atoms with Crippen molar-refractivity contribution >= 4 is 21.6 Å². The summed E-state index contributed by atoms with van der Waals surface area (Å²) in [5, 5.41) is 16.1. The second-order valence-corrected chi connectivity index (χ2v) is 12.2. The maximum atomic E-state index is 12.9. The lowest BCUT2D eigenvalue weighted by molar-refractivity contribution is -0.178. The minimum atomic E-state index is -3.80. The van der Waals surface area contributed by atoms with Gasteiger partial charge in [0.2, 0.25) is 21.6 Å². The van der Waals surface area contributed by atoms with Crippen LogP contribution in [0.5, 0.6) is 0 Å². The summed E-state index contributed by atoms with van der Waals surface area (Å²) >= 11 is 1.48. The maximum absolute atomic E-state index is 12.9. The molecule has 1 aliphatic rings. The molecule has 0 saturated carbocycles. The number of aromatic nitrogens is 4. The zero-order chi connectivity index (χ0) is 28.1. The Hall–Kier alpha value is -3.84. The Labute approximate surface area is 241 Å². The molecule has 0 N–H and O–H groups in total. The topological polar surface area (TPSA) is 130 Å². The molecule has 1 saturated heterocycles.